The first-order chi connectivity index (χ1) is 16.4. The quantitative estimate of drug-likeness (QED) is 0.351. The fourth-order valence-electron chi connectivity index (χ4n) is 4.59. The summed E-state index contributed by atoms with van der Waals surface area (Å²) in [4.78, 5) is 17.3. The zero-order valence-corrected chi connectivity index (χ0v) is 20.8. The van der Waals surface area contributed by atoms with Gasteiger partial charge in [-0.15, -0.1) is 11.3 Å². The summed E-state index contributed by atoms with van der Waals surface area (Å²) in [6.45, 7) is 1.54. The summed E-state index contributed by atoms with van der Waals surface area (Å²) in [5.41, 5.74) is 0.286. The van der Waals surface area contributed by atoms with Crippen LogP contribution < -0.4 is 10.1 Å². The van der Waals surface area contributed by atoms with Gasteiger partial charge in [-0.25, -0.2) is 9.37 Å². The van der Waals surface area contributed by atoms with Crippen molar-refractivity contribution in [3.63, 3.8) is 0 Å². The molecule has 1 aliphatic carbocycles. The third-order valence-electron chi connectivity index (χ3n) is 6.58. The average molecular weight is 523 g/mol. The van der Waals surface area contributed by atoms with Crippen LogP contribution in [0.5, 0.6) is 5.75 Å². The van der Waals surface area contributed by atoms with Crippen molar-refractivity contribution in [2.45, 2.75) is 43.7 Å². The van der Waals surface area contributed by atoms with Crippen LogP contribution in [-0.4, -0.2) is 42.2 Å². The van der Waals surface area contributed by atoms with Gasteiger partial charge >= 0.3 is 0 Å². The summed E-state index contributed by atoms with van der Waals surface area (Å²) in [6.07, 6.45) is 4.52. The first-order valence-corrected chi connectivity index (χ1v) is 13.0. The Kier molecular flexibility index (Phi) is 7.09. The Morgan fingerprint density at radius 1 is 1.18 bits per heavy atom. The number of hydrogen-bond acceptors (Lipinski definition) is 6. The molecule has 2 fully saturated rings. The van der Waals surface area contributed by atoms with Gasteiger partial charge in [0.2, 0.25) is 0 Å². The molecule has 1 saturated heterocycles. The number of halogens is 3. The second-order valence-corrected chi connectivity index (χ2v) is 11.1. The van der Waals surface area contributed by atoms with Crippen molar-refractivity contribution in [3.05, 3.63) is 57.3 Å². The number of nitrogens with one attached hydrogen (secondary N) is 1. The molecular weight excluding hydrogens is 498 g/mol. The SMILES string of the molecule is O=C(CC1CCC(NCC2(Oc3ccc(Cl)c(F)c3)COC2)CC1)c1nc2cc(Cl)ccc2s1. The number of Topliss-reactive ketones (excluding diaryl/α,β-unsaturated/α-hetero) is 1. The van der Waals surface area contributed by atoms with Crippen molar-refractivity contribution in [2.75, 3.05) is 19.8 Å². The molecule has 180 valence electrons. The van der Waals surface area contributed by atoms with Crippen molar-refractivity contribution in [1.82, 2.24) is 10.3 Å². The second kappa shape index (κ2) is 10.1. The molecule has 2 heterocycles. The van der Waals surface area contributed by atoms with Crippen LogP contribution in [0.4, 0.5) is 4.39 Å². The van der Waals surface area contributed by atoms with Gasteiger partial charge in [0.1, 0.15) is 11.6 Å². The van der Waals surface area contributed by atoms with Crippen LogP contribution in [0.15, 0.2) is 36.4 Å². The molecule has 9 heteroatoms. The van der Waals surface area contributed by atoms with E-state index in [-0.39, 0.29) is 10.8 Å². The minimum absolute atomic E-state index is 0.0761. The number of ketones is 1. The lowest BCUT2D eigenvalue weighted by atomic mass is 9.83. The number of ether oxygens (including phenoxy) is 2. The minimum atomic E-state index is -0.497. The molecule has 3 aromatic rings. The summed E-state index contributed by atoms with van der Waals surface area (Å²) >= 11 is 13.2. The van der Waals surface area contributed by atoms with Gasteiger partial charge in [-0.2, -0.15) is 0 Å². The number of aromatic nitrogens is 1. The fourth-order valence-corrected chi connectivity index (χ4v) is 5.77. The first kappa shape index (κ1) is 23.9. The summed E-state index contributed by atoms with van der Waals surface area (Å²) < 4.78 is 26.2. The molecule has 0 radical (unpaired) electrons. The smallest absolute Gasteiger partial charge is 0.191 e. The largest absolute Gasteiger partial charge is 0.481 e. The van der Waals surface area contributed by atoms with E-state index in [1.807, 2.05) is 12.1 Å². The summed E-state index contributed by atoms with van der Waals surface area (Å²) in [7, 11) is 0. The number of nitrogens with zero attached hydrogens (tertiary/aromatic N) is 1. The van der Waals surface area contributed by atoms with E-state index in [1.165, 1.54) is 23.5 Å². The van der Waals surface area contributed by atoms with Crippen LogP contribution in [0.25, 0.3) is 10.2 Å². The fraction of sp³-hybridized carbons (Fsp3) is 0.440. The number of carbonyl (C=O) groups excluding carboxylic acids is 1. The van der Waals surface area contributed by atoms with E-state index in [0.717, 1.165) is 35.9 Å². The molecule has 0 spiro atoms. The minimum Gasteiger partial charge on any atom is -0.481 e. The Hall–Kier alpha value is -1.77. The number of benzene rings is 2. The van der Waals surface area contributed by atoms with E-state index >= 15 is 0 Å². The van der Waals surface area contributed by atoms with Gasteiger partial charge < -0.3 is 14.8 Å². The first-order valence-electron chi connectivity index (χ1n) is 11.4. The summed E-state index contributed by atoms with van der Waals surface area (Å²) in [6, 6.07) is 10.4. The third-order valence-corrected chi connectivity index (χ3v) is 8.20. The molecule has 0 bridgehead atoms. The van der Waals surface area contributed by atoms with Gasteiger partial charge in [-0.1, -0.05) is 23.2 Å². The van der Waals surface area contributed by atoms with Gasteiger partial charge in [0, 0.05) is 30.1 Å². The molecule has 1 saturated carbocycles. The second-order valence-electron chi connectivity index (χ2n) is 9.21. The Balaban J connectivity index is 1.10. The van der Waals surface area contributed by atoms with Gasteiger partial charge in [0.05, 0.1) is 28.5 Å². The normalized spacial score (nSPS) is 21.9. The predicted octanol–water partition coefficient (Wildman–Crippen LogP) is 6.31. The van der Waals surface area contributed by atoms with Crippen molar-refractivity contribution in [3.8, 4) is 5.75 Å². The molecule has 0 atom stereocenters. The van der Waals surface area contributed by atoms with Gasteiger partial charge in [-0.3, -0.25) is 4.79 Å². The molecule has 5 rings (SSSR count). The Labute approximate surface area is 211 Å². The molecule has 1 aliphatic heterocycles. The van der Waals surface area contributed by atoms with Gasteiger partial charge in [0.25, 0.3) is 0 Å². The predicted molar refractivity (Wildman–Crippen MR) is 133 cm³/mol. The average Bonchev–Trinajstić information content (AvgIpc) is 3.22. The van der Waals surface area contributed by atoms with Gasteiger partial charge in [-0.05, 0) is 61.9 Å². The monoisotopic (exact) mass is 522 g/mol. The molecular formula is C25H25Cl2FN2O3S. The zero-order valence-electron chi connectivity index (χ0n) is 18.5. The van der Waals surface area contributed by atoms with Crippen molar-refractivity contribution < 1.29 is 18.7 Å². The van der Waals surface area contributed by atoms with Crippen LogP contribution in [-0.2, 0) is 4.74 Å². The Morgan fingerprint density at radius 3 is 2.68 bits per heavy atom. The van der Waals surface area contributed by atoms with Crippen LogP contribution in [0, 0.1) is 11.7 Å². The lowest BCUT2D eigenvalue weighted by Gasteiger charge is -2.43. The number of hydrogen-bond donors (Lipinski definition) is 1. The molecule has 34 heavy (non-hydrogen) atoms. The van der Waals surface area contributed by atoms with E-state index in [0.29, 0.717) is 53.9 Å². The maximum Gasteiger partial charge on any atom is 0.191 e. The maximum absolute atomic E-state index is 13.8. The maximum atomic E-state index is 13.8. The summed E-state index contributed by atoms with van der Waals surface area (Å²) in [5.74, 6) is 0.440. The van der Waals surface area contributed by atoms with Crippen LogP contribution >= 0.6 is 34.5 Å². The number of rotatable bonds is 8. The van der Waals surface area contributed by atoms with E-state index in [1.54, 1.807) is 12.1 Å². The molecule has 0 amide bonds. The number of thiazole rings is 1. The van der Waals surface area contributed by atoms with Crippen LogP contribution in [0.2, 0.25) is 10.0 Å². The zero-order chi connectivity index (χ0) is 23.7. The van der Waals surface area contributed by atoms with E-state index < -0.39 is 11.4 Å². The highest BCUT2D eigenvalue weighted by molar-refractivity contribution is 7.20. The third kappa shape index (κ3) is 5.39. The molecule has 2 aliphatic rings. The van der Waals surface area contributed by atoms with Crippen molar-refractivity contribution in [2.24, 2.45) is 5.92 Å². The highest BCUT2D eigenvalue weighted by atomic mass is 35.5. The van der Waals surface area contributed by atoms with E-state index in [4.69, 9.17) is 32.7 Å². The van der Waals surface area contributed by atoms with E-state index in [9.17, 15) is 9.18 Å². The highest BCUT2D eigenvalue weighted by Crippen LogP contribution is 2.32. The lowest BCUT2D eigenvalue weighted by molar-refractivity contribution is -0.159. The molecule has 1 aromatic heterocycles. The Morgan fingerprint density at radius 2 is 1.97 bits per heavy atom. The Bertz CT molecular complexity index is 1190. The molecule has 1 N–H and O–H groups in total. The molecule has 5 nitrogen and oxygen atoms in total. The lowest BCUT2D eigenvalue weighted by Crippen LogP contribution is -2.61. The number of carbonyl (C=O) groups is 1. The molecule has 0 unspecified atom stereocenters. The van der Waals surface area contributed by atoms with E-state index in [2.05, 4.69) is 10.3 Å². The highest BCUT2D eigenvalue weighted by Gasteiger charge is 2.42. The summed E-state index contributed by atoms with van der Waals surface area (Å²) in [5, 5.41) is 4.88. The van der Waals surface area contributed by atoms with Crippen molar-refractivity contribution >= 4 is 50.5 Å². The van der Waals surface area contributed by atoms with Crippen LogP contribution in [0.3, 0.4) is 0 Å². The number of fused-ring (bicyclic) bond motifs is 1. The standard InChI is InChI=1S/C25H25Cl2FN2O3S/c26-16-3-8-23-21(10-16)30-24(34-23)22(31)9-15-1-4-17(5-2-15)29-12-25(13-32-14-25)33-18-6-7-19(27)20(28)11-18/h3,6-8,10-11,15,17,29H,1-2,4-5,9,12-14H2. The van der Waals surface area contributed by atoms with Gasteiger partial charge in [0.15, 0.2) is 16.4 Å². The van der Waals surface area contributed by atoms with Crippen LogP contribution in [0.1, 0.15) is 41.9 Å². The molecule has 2 aromatic carbocycles. The topological polar surface area (TPSA) is 60.5 Å². The van der Waals surface area contributed by atoms with Crippen molar-refractivity contribution in [1.29, 1.82) is 0 Å².